The number of nitrogens with one attached hydrogen (secondary N) is 1. The molecule has 1 unspecified atom stereocenters. The Balaban J connectivity index is 3.71. The first-order valence-corrected chi connectivity index (χ1v) is 5.97. The van der Waals surface area contributed by atoms with Gasteiger partial charge in [0, 0.05) is 17.8 Å². The maximum atomic E-state index is 11.0. The van der Waals surface area contributed by atoms with Crippen LogP contribution in [0, 0.1) is 5.92 Å². The molecule has 0 saturated heterocycles. The summed E-state index contributed by atoms with van der Waals surface area (Å²) in [5.41, 5.74) is 0. The Kier molecular flexibility index (Phi) is 7.33. The number of halogens is 1. The molecular formula is C10H20BrNO. The Bertz CT molecular complexity index is 146. The minimum atomic E-state index is 0.135. The van der Waals surface area contributed by atoms with E-state index in [9.17, 15) is 4.79 Å². The molecule has 0 aliphatic heterocycles. The van der Waals surface area contributed by atoms with Crippen molar-refractivity contribution in [2.24, 2.45) is 5.92 Å². The van der Waals surface area contributed by atoms with Crippen molar-refractivity contribution in [3.05, 3.63) is 0 Å². The monoisotopic (exact) mass is 249 g/mol. The molecule has 78 valence electrons. The molecule has 0 heterocycles. The van der Waals surface area contributed by atoms with E-state index >= 15 is 0 Å². The van der Waals surface area contributed by atoms with Gasteiger partial charge in [0.15, 0.2) is 0 Å². The second-order valence-corrected chi connectivity index (χ2v) is 4.43. The summed E-state index contributed by atoms with van der Waals surface area (Å²) in [6, 6.07) is 0. The summed E-state index contributed by atoms with van der Waals surface area (Å²) in [5, 5.41) is 2.90. The van der Waals surface area contributed by atoms with Gasteiger partial charge in [-0.1, -0.05) is 49.5 Å². The fraction of sp³-hybridized carbons (Fsp3) is 0.900. The molecule has 1 N–H and O–H groups in total. The molecule has 3 heteroatoms. The van der Waals surface area contributed by atoms with Crippen LogP contribution >= 0.6 is 15.9 Å². The summed E-state index contributed by atoms with van der Waals surface area (Å²) in [5.74, 6) is 0.799. The fourth-order valence-electron chi connectivity index (χ4n) is 1.30. The highest BCUT2D eigenvalue weighted by Crippen LogP contribution is 2.19. The predicted octanol–water partition coefficient (Wildman–Crippen LogP) is 2.71. The predicted molar refractivity (Wildman–Crippen MR) is 60.1 cm³/mol. The van der Waals surface area contributed by atoms with Crippen LogP contribution in [0.15, 0.2) is 0 Å². The van der Waals surface area contributed by atoms with Crippen molar-refractivity contribution < 1.29 is 4.79 Å². The summed E-state index contributed by atoms with van der Waals surface area (Å²) >= 11 is 3.61. The third-order valence-electron chi connectivity index (χ3n) is 2.38. The Hall–Kier alpha value is -0.0500. The van der Waals surface area contributed by atoms with E-state index in [1.54, 1.807) is 0 Å². The molecule has 0 rings (SSSR count). The first-order valence-electron chi connectivity index (χ1n) is 5.06. The van der Waals surface area contributed by atoms with Crippen LogP contribution in [-0.4, -0.2) is 17.3 Å². The molecule has 0 aromatic heterocycles. The number of rotatable bonds is 6. The molecule has 0 bridgehead atoms. The Morgan fingerprint density at radius 3 is 2.23 bits per heavy atom. The average molecular weight is 250 g/mol. The SMILES string of the molecule is CCC(=O)NCC(Br)C(CC)CC. The van der Waals surface area contributed by atoms with Crippen molar-refractivity contribution in [1.29, 1.82) is 0 Å². The van der Waals surface area contributed by atoms with E-state index in [1.807, 2.05) is 6.92 Å². The van der Waals surface area contributed by atoms with Crippen molar-refractivity contribution in [1.82, 2.24) is 5.32 Å². The summed E-state index contributed by atoms with van der Waals surface area (Å²) < 4.78 is 0. The van der Waals surface area contributed by atoms with Crippen molar-refractivity contribution >= 4 is 21.8 Å². The molecule has 0 spiro atoms. The summed E-state index contributed by atoms with van der Waals surface area (Å²) in [6.07, 6.45) is 2.89. The number of carbonyl (C=O) groups is 1. The lowest BCUT2D eigenvalue weighted by molar-refractivity contribution is -0.120. The largest absolute Gasteiger partial charge is 0.355 e. The number of hydrogen-bond donors (Lipinski definition) is 1. The number of amides is 1. The lowest BCUT2D eigenvalue weighted by atomic mass is 9.99. The molecular weight excluding hydrogens is 230 g/mol. The summed E-state index contributed by atoms with van der Waals surface area (Å²) in [6.45, 7) is 6.99. The average Bonchev–Trinajstić information content (AvgIpc) is 2.16. The first kappa shape index (κ1) is 12.9. The van der Waals surface area contributed by atoms with Gasteiger partial charge >= 0.3 is 0 Å². The Morgan fingerprint density at radius 1 is 1.31 bits per heavy atom. The van der Waals surface area contributed by atoms with Gasteiger partial charge in [-0.15, -0.1) is 0 Å². The molecule has 13 heavy (non-hydrogen) atoms. The second kappa shape index (κ2) is 7.36. The lowest BCUT2D eigenvalue weighted by Gasteiger charge is -2.19. The van der Waals surface area contributed by atoms with Gasteiger partial charge in [-0.3, -0.25) is 4.79 Å². The topological polar surface area (TPSA) is 29.1 Å². The number of carbonyl (C=O) groups excluding carboxylic acids is 1. The van der Waals surface area contributed by atoms with Gasteiger partial charge in [0.25, 0.3) is 0 Å². The zero-order valence-corrected chi connectivity index (χ0v) is 10.4. The normalized spacial score (nSPS) is 13.0. The van der Waals surface area contributed by atoms with Crippen LogP contribution in [0.3, 0.4) is 0 Å². The molecule has 0 aliphatic carbocycles. The third kappa shape index (κ3) is 5.29. The smallest absolute Gasteiger partial charge is 0.219 e. The molecule has 2 nitrogen and oxygen atoms in total. The fourth-order valence-corrected chi connectivity index (χ4v) is 2.21. The molecule has 0 aromatic carbocycles. The van der Waals surface area contributed by atoms with E-state index in [1.165, 1.54) is 0 Å². The van der Waals surface area contributed by atoms with Crippen molar-refractivity contribution in [3.8, 4) is 0 Å². The van der Waals surface area contributed by atoms with Gasteiger partial charge in [-0.05, 0) is 5.92 Å². The molecule has 0 fully saturated rings. The molecule has 0 radical (unpaired) electrons. The van der Waals surface area contributed by atoms with Gasteiger partial charge < -0.3 is 5.32 Å². The van der Waals surface area contributed by atoms with E-state index in [-0.39, 0.29) is 5.91 Å². The third-order valence-corrected chi connectivity index (χ3v) is 3.45. The van der Waals surface area contributed by atoms with Gasteiger partial charge in [-0.25, -0.2) is 0 Å². The van der Waals surface area contributed by atoms with E-state index in [4.69, 9.17) is 0 Å². The Morgan fingerprint density at radius 2 is 1.85 bits per heavy atom. The quantitative estimate of drug-likeness (QED) is 0.721. The zero-order valence-electron chi connectivity index (χ0n) is 8.77. The van der Waals surface area contributed by atoms with Gasteiger partial charge in [0.1, 0.15) is 0 Å². The van der Waals surface area contributed by atoms with E-state index in [0.29, 0.717) is 17.2 Å². The van der Waals surface area contributed by atoms with Crippen LogP contribution in [0.1, 0.15) is 40.0 Å². The first-order chi connectivity index (χ1) is 6.15. The molecule has 1 atom stereocenters. The van der Waals surface area contributed by atoms with Crippen molar-refractivity contribution in [3.63, 3.8) is 0 Å². The highest BCUT2D eigenvalue weighted by molar-refractivity contribution is 9.09. The Labute approximate surface area is 89.6 Å². The molecule has 0 aliphatic rings. The highest BCUT2D eigenvalue weighted by Gasteiger charge is 2.15. The minimum absolute atomic E-state index is 0.135. The van der Waals surface area contributed by atoms with Crippen LogP contribution in [0.5, 0.6) is 0 Å². The van der Waals surface area contributed by atoms with Crippen LogP contribution in [0.4, 0.5) is 0 Å². The standard InChI is InChI=1S/C10H20BrNO/c1-4-8(5-2)9(11)7-12-10(13)6-3/h8-9H,4-7H2,1-3H3,(H,12,13). The summed E-state index contributed by atoms with van der Waals surface area (Å²) in [7, 11) is 0. The van der Waals surface area contributed by atoms with E-state index in [0.717, 1.165) is 19.4 Å². The van der Waals surface area contributed by atoms with Gasteiger partial charge in [-0.2, -0.15) is 0 Å². The summed E-state index contributed by atoms with van der Waals surface area (Å²) in [4.78, 5) is 11.4. The molecule has 0 saturated carbocycles. The van der Waals surface area contributed by atoms with E-state index in [2.05, 4.69) is 35.1 Å². The van der Waals surface area contributed by atoms with E-state index < -0.39 is 0 Å². The van der Waals surface area contributed by atoms with Crippen molar-refractivity contribution in [2.75, 3.05) is 6.54 Å². The maximum absolute atomic E-state index is 11.0. The lowest BCUT2D eigenvalue weighted by Crippen LogP contribution is -2.32. The van der Waals surface area contributed by atoms with Crippen LogP contribution in [0.2, 0.25) is 0 Å². The van der Waals surface area contributed by atoms with Crippen LogP contribution in [-0.2, 0) is 4.79 Å². The van der Waals surface area contributed by atoms with Gasteiger partial charge in [0.05, 0.1) is 0 Å². The van der Waals surface area contributed by atoms with Crippen LogP contribution < -0.4 is 5.32 Å². The maximum Gasteiger partial charge on any atom is 0.219 e. The minimum Gasteiger partial charge on any atom is -0.355 e. The molecule has 1 amide bonds. The number of hydrogen-bond acceptors (Lipinski definition) is 1. The van der Waals surface area contributed by atoms with Crippen molar-refractivity contribution in [2.45, 2.75) is 44.9 Å². The van der Waals surface area contributed by atoms with Crippen LogP contribution in [0.25, 0.3) is 0 Å². The van der Waals surface area contributed by atoms with Gasteiger partial charge in [0.2, 0.25) is 5.91 Å². The zero-order chi connectivity index (χ0) is 10.3. The second-order valence-electron chi connectivity index (χ2n) is 3.25. The number of alkyl halides is 1. The molecule has 0 aromatic rings. The highest BCUT2D eigenvalue weighted by atomic mass is 79.9.